The van der Waals surface area contributed by atoms with Crippen LogP contribution in [0, 0.1) is 0 Å². The van der Waals surface area contributed by atoms with E-state index >= 15 is 0 Å². The van der Waals surface area contributed by atoms with Crippen LogP contribution < -0.4 is 21.1 Å². The van der Waals surface area contributed by atoms with Crippen molar-refractivity contribution in [3.05, 3.63) is 79.6 Å². The Bertz CT molecular complexity index is 1340. The van der Waals surface area contributed by atoms with Crippen LogP contribution >= 0.6 is 23.2 Å². The van der Waals surface area contributed by atoms with Crippen LogP contribution in [0.25, 0.3) is 0 Å². The van der Waals surface area contributed by atoms with Gasteiger partial charge in [-0.25, -0.2) is 0 Å². The number of amides is 2. The highest BCUT2D eigenvalue weighted by Crippen LogP contribution is 2.32. The van der Waals surface area contributed by atoms with Crippen molar-refractivity contribution in [1.82, 2.24) is 9.97 Å². The summed E-state index contributed by atoms with van der Waals surface area (Å²) in [5.41, 5.74) is 2.51. The zero-order chi connectivity index (χ0) is 23.1. The monoisotopic (exact) mass is 483 g/mol. The van der Waals surface area contributed by atoms with E-state index in [0.29, 0.717) is 29.7 Å². The zero-order valence-electron chi connectivity index (χ0n) is 17.3. The lowest BCUT2D eigenvalue weighted by atomic mass is 9.92. The topological polar surface area (TPSA) is 107 Å². The molecule has 0 bridgehead atoms. The zero-order valence-corrected chi connectivity index (χ0v) is 18.8. The highest BCUT2D eigenvalue weighted by Gasteiger charge is 2.35. The number of rotatable bonds is 3. The Kier molecular flexibility index (Phi) is 5.55. The number of carbonyl (C=O) groups is 2. The molecule has 2 aliphatic heterocycles. The molecule has 1 unspecified atom stereocenters. The van der Waals surface area contributed by atoms with Gasteiger partial charge in [0.15, 0.2) is 0 Å². The SMILES string of the molecule is O=C1CC(C(=O)Nc2ccc(Cl)c(Cl)c2)c2c(nc(N3CCc4ccccc4C3)[nH]c2=O)N1. The van der Waals surface area contributed by atoms with Gasteiger partial charge in [-0.15, -0.1) is 0 Å². The van der Waals surface area contributed by atoms with Gasteiger partial charge in [0.1, 0.15) is 5.82 Å². The minimum Gasteiger partial charge on any atom is -0.338 e. The van der Waals surface area contributed by atoms with Crippen LogP contribution in [0.4, 0.5) is 17.5 Å². The second kappa shape index (κ2) is 8.53. The Morgan fingerprint density at radius 1 is 1.09 bits per heavy atom. The van der Waals surface area contributed by atoms with Gasteiger partial charge >= 0.3 is 0 Å². The molecule has 2 aliphatic rings. The van der Waals surface area contributed by atoms with Crippen LogP contribution in [0.1, 0.15) is 29.0 Å². The van der Waals surface area contributed by atoms with Crippen LogP contribution in [-0.2, 0) is 22.6 Å². The van der Waals surface area contributed by atoms with Crippen LogP contribution in [0.5, 0.6) is 0 Å². The highest BCUT2D eigenvalue weighted by molar-refractivity contribution is 6.42. The molecular formula is C23H19Cl2N5O3. The number of halogens is 2. The largest absolute Gasteiger partial charge is 0.338 e. The molecule has 0 spiro atoms. The summed E-state index contributed by atoms with van der Waals surface area (Å²) in [5.74, 6) is -1.41. The van der Waals surface area contributed by atoms with E-state index in [1.54, 1.807) is 12.1 Å². The second-order valence-corrected chi connectivity index (χ2v) is 8.83. The summed E-state index contributed by atoms with van der Waals surface area (Å²) in [5, 5.41) is 5.99. The van der Waals surface area contributed by atoms with Gasteiger partial charge in [-0.05, 0) is 35.7 Å². The standard InChI is InChI=1S/C23H19Cl2N5O3/c24-16-6-5-14(9-17(16)25)26-21(32)15-10-18(31)27-20-19(15)22(33)29-23(28-20)30-8-7-12-3-1-2-4-13(12)11-30/h1-6,9,15H,7-8,10-11H2,(H,26,32)(H2,27,28,29,31,33). The molecule has 5 rings (SSSR count). The summed E-state index contributed by atoms with van der Waals surface area (Å²) in [6.07, 6.45) is 0.652. The van der Waals surface area contributed by atoms with E-state index in [2.05, 4.69) is 26.7 Å². The van der Waals surface area contributed by atoms with E-state index in [-0.39, 0.29) is 28.7 Å². The maximum atomic E-state index is 13.1. The molecule has 168 valence electrons. The van der Waals surface area contributed by atoms with Crippen molar-refractivity contribution in [2.75, 3.05) is 22.1 Å². The maximum absolute atomic E-state index is 13.1. The molecule has 1 aromatic heterocycles. The number of aromatic amines is 1. The molecular weight excluding hydrogens is 465 g/mol. The molecule has 10 heteroatoms. The molecule has 3 heterocycles. The number of benzene rings is 2. The van der Waals surface area contributed by atoms with Gasteiger partial charge in [0.2, 0.25) is 17.8 Å². The van der Waals surface area contributed by atoms with Gasteiger partial charge in [0, 0.05) is 25.2 Å². The van der Waals surface area contributed by atoms with Gasteiger partial charge in [0.25, 0.3) is 5.56 Å². The smallest absolute Gasteiger partial charge is 0.258 e. The minimum atomic E-state index is -0.990. The molecule has 8 nitrogen and oxygen atoms in total. The van der Waals surface area contributed by atoms with Crippen LogP contribution in [-0.4, -0.2) is 28.3 Å². The molecule has 3 N–H and O–H groups in total. The first-order chi connectivity index (χ1) is 15.9. The van der Waals surface area contributed by atoms with E-state index in [4.69, 9.17) is 23.2 Å². The quantitative estimate of drug-likeness (QED) is 0.526. The summed E-state index contributed by atoms with van der Waals surface area (Å²) in [6, 6.07) is 12.8. The number of nitrogens with zero attached hydrogens (tertiary/aromatic N) is 2. The van der Waals surface area contributed by atoms with Gasteiger partial charge in [-0.3, -0.25) is 19.4 Å². The summed E-state index contributed by atoms with van der Waals surface area (Å²) >= 11 is 11.9. The Morgan fingerprint density at radius 2 is 1.88 bits per heavy atom. The molecule has 0 radical (unpaired) electrons. The summed E-state index contributed by atoms with van der Waals surface area (Å²) < 4.78 is 0. The average molecular weight is 484 g/mol. The summed E-state index contributed by atoms with van der Waals surface area (Å²) in [6.45, 7) is 1.26. The van der Waals surface area contributed by atoms with Crippen molar-refractivity contribution in [2.45, 2.75) is 25.3 Å². The van der Waals surface area contributed by atoms with Gasteiger partial charge < -0.3 is 15.5 Å². The highest BCUT2D eigenvalue weighted by atomic mass is 35.5. The fraction of sp³-hybridized carbons (Fsp3) is 0.217. The van der Waals surface area contributed by atoms with Crippen molar-refractivity contribution in [2.24, 2.45) is 0 Å². The molecule has 0 fully saturated rings. The Labute approximate surface area is 198 Å². The number of fused-ring (bicyclic) bond motifs is 2. The lowest BCUT2D eigenvalue weighted by molar-refractivity contribution is -0.123. The first-order valence-electron chi connectivity index (χ1n) is 10.4. The molecule has 2 aromatic carbocycles. The lowest BCUT2D eigenvalue weighted by Gasteiger charge is -2.30. The minimum absolute atomic E-state index is 0.109. The van der Waals surface area contributed by atoms with Crippen molar-refractivity contribution in [3.63, 3.8) is 0 Å². The van der Waals surface area contributed by atoms with Crippen molar-refractivity contribution < 1.29 is 9.59 Å². The molecule has 0 saturated heterocycles. The van der Waals surface area contributed by atoms with E-state index in [9.17, 15) is 14.4 Å². The molecule has 3 aromatic rings. The number of aromatic nitrogens is 2. The number of hydrogen-bond donors (Lipinski definition) is 3. The van der Waals surface area contributed by atoms with Gasteiger partial charge in [-0.1, -0.05) is 47.5 Å². The molecule has 2 amide bonds. The first kappa shape index (κ1) is 21.5. The van der Waals surface area contributed by atoms with Crippen LogP contribution in [0.15, 0.2) is 47.3 Å². The molecule has 0 saturated carbocycles. The lowest BCUT2D eigenvalue weighted by Crippen LogP contribution is -2.38. The third-order valence-electron chi connectivity index (χ3n) is 5.87. The fourth-order valence-corrected chi connectivity index (χ4v) is 4.51. The Balaban J connectivity index is 1.44. The van der Waals surface area contributed by atoms with Crippen molar-refractivity contribution >= 4 is 52.5 Å². The Hall–Kier alpha value is -3.36. The first-order valence-corrected chi connectivity index (χ1v) is 11.2. The third-order valence-corrected chi connectivity index (χ3v) is 6.61. The van der Waals surface area contributed by atoms with Gasteiger partial charge in [0.05, 0.1) is 21.5 Å². The summed E-state index contributed by atoms with van der Waals surface area (Å²) in [7, 11) is 0. The predicted octanol–water partition coefficient (Wildman–Crippen LogP) is 3.70. The predicted molar refractivity (Wildman–Crippen MR) is 127 cm³/mol. The maximum Gasteiger partial charge on any atom is 0.258 e. The van der Waals surface area contributed by atoms with Crippen molar-refractivity contribution in [3.8, 4) is 0 Å². The average Bonchev–Trinajstić information content (AvgIpc) is 2.80. The molecule has 33 heavy (non-hydrogen) atoms. The molecule has 1 atom stereocenters. The Morgan fingerprint density at radius 3 is 2.67 bits per heavy atom. The van der Waals surface area contributed by atoms with Gasteiger partial charge in [-0.2, -0.15) is 4.98 Å². The van der Waals surface area contributed by atoms with E-state index in [1.807, 2.05) is 23.1 Å². The number of anilines is 3. The summed E-state index contributed by atoms with van der Waals surface area (Å²) in [4.78, 5) is 47.7. The second-order valence-electron chi connectivity index (χ2n) is 8.02. The third kappa shape index (κ3) is 4.19. The van der Waals surface area contributed by atoms with E-state index in [1.165, 1.54) is 11.6 Å². The normalized spacial score (nSPS) is 17.1. The fourth-order valence-electron chi connectivity index (χ4n) is 4.21. The van der Waals surface area contributed by atoms with E-state index in [0.717, 1.165) is 12.0 Å². The van der Waals surface area contributed by atoms with E-state index < -0.39 is 17.4 Å². The van der Waals surface area contributed by atoms with Crippen LogP contribution in [0.3, 0.4) is 0 Å². The number of hydrogen-bond acceptors (Lipinski definition) is 5. The number of H-pyrrole nitrogens is 1. The van der Waals surface area contributed by atoms with Crippen LogP contribution in [0.2, 0.25) is 10.0 Å². The number of nitrogens with one attached hydrogen (secondary N) is 3. The van der Waals surface area contributed by atoms with Crippen molar-refractivity contribution in [1.29, 1.82) is 0 Å². The molecule has 0 aliphatic carbocycles. The number of carbonyl (C=O) groups excluding carboxylic acids is 2.